The second-order valence-corrected chi connectivity index (χ2v) is 3.85. The molecular weight excluding hydrogens is 240 g/mol. The SMILES string of the molecule is COc1ccc(C=NN=Cc2ccc(O)cc2)cc1. The van der Waals surface area contributed by atoms with Gasteiger partial charge in [0.15, 0.2) is 0 Å². The Bertz CT molecular complexity index is 572. The molecule has 0 radical (unpaired) electrons. The third kappa shape index (κ3) is 3.96. The molecule has 0 saturated heterocycles. The molecule has 96 valence electrons. The molecule has 4 nitrogen and oxygen atoms in total. The van der Waals surface area contributed by atoms with E-state index in [1.165, 1.54) is 0 Å². The summed E-state index contributed by atoms with van der Waals surface area (Å²) in [4.78, 5) is 0. The van der Waals surface area contributed by atoms with Crippen molar-refractivity contribution in [3.63, 3.8) is 0 Å². The lowest BCUT2D eigenvalue weighted by Crippen LogP contribution is -1.84. The van der Waals surface area contributed by atoms with Gasteiger partial charge < -0.3 is 9.84 Å². The minimum atomic E-state index is 0.235. The van der Waals surface area contributed by atoms with Crippen LogP contribution in [0.25, 0.3) is 0 Å². The van der Waals surface area contributed by atoms with Gasteiger partial charge in [-0.2, -0.15) is 10.2 Å². The lowest BCUT2D eigenvalue weighted by atomic mass is 10.2. The number of nitrogens with zero attached hydrogens (tertiary/aromatic N) is 2. The van der Waals surface area contributed by atoms with Crippen molar-refractivity contribution in [3.8, 4) is 11.5 Å². The number of benzene rings is 2. The minimum Gasteiger partial charge on any atom is -0.508 e. The normalized spacial score (nSPS) is 11.2. The van der Waals surface area contributed by atoms with Gasteiger partial charge in [0, 0.05) is 0 Å². The Hall–Kier alpha value is -2.62. The van der Waals surface area contributed by atoms with E-state index in [1.807, 2.05) is 24.3 Å². The summed E-state index contributed by atoms with van der Waals surface area (Å²) in [7, 11) is 1.63. The second-order valence-electron chi connectivity index (χ2n) is 3.85. The van der Waals surface area contributed by atoms with Gasteiger partial charge in [-0.05, 0) is 59.7 Å². The van der Waals surface area contributed by atoms with Crippen LogP contribution in [-0.4, -0.2) is 24.6 Å². The number of aromatic hydroxyl groups is 1. The molecule has 0 fully saturated rings. The van der Waals surface area contributed by atoms with Crippen LogP contribution in [-0.2, 0) is 0 Å². The smallest absolute Gasteiger partial charge is 0.118 e. The first-order chi connectivity index (χ1) is 9.28. The van der Waals surface area contributed by atoms with E-state index >= 15 is 0 Å². The van der Waals surface area contributed by atoms with Gasteiger partial charge >= 0.3 is 0 Å². The number of ether oxygens (including phenoxy) is 1. The van der Waals surface area contributed by atoms with Crippen LogP contribution in [0.4, 0.5) is 0 Å². The van der Waals surface area contributed by atoms with E-state index in [1.54, 1.807) is 43.8 Å². The molecular formula is C15H14N2O2. The van der Waals surface area contributed by atoms with E-state index in [-0.39, 0.29) is 5.75 Å². The number of hydrogen-bond acceptors (Lipinski definition) is 4. The molecule has 0 spiro atoms. The van der Waals surface area contributed by atoms with Gasteiger partial charge in [-0.25, -0.2) is 0 Å². The molecule has 19 heavy (non-hydrogen) atoms. The van der Waals surface area contributed by atoms with E-state index in [9.17, 15) is 0 Å². The fourth-order valence-corrected chi connectivity index (χ4v) is 1.45. The van der Waals surface area contributed by atoms with Gasteiger partial charge in [0.2, 0.25) is 0 Å². The van der Waals surface area contributed by atoms with Crippen molar-refractivity contribution in [1.29, 1.82) is 0 Å². The molecule has 4 heteroatoms. The van der Waals surface area contributed by atoms with Crippen molar-refractivity contribution in [1.82, 2.24) is 0 Å². The fraction of sp³-hybridized carbons (Fsp3) is 0.0667. The largest absolute Gasteiger partial charge is 0.508 e. The molecule has 0 saturated carbocycles. The van der Waals surface area contributed by atoms with E-state index in [2.05, 4.69) is 10.2 Å². The van der Waals surface area contributed by atoms with Gasteiger partial charge in [0.25, 0.3) is 0 Å². The van der Waals surface area contributed by atoms with Crippen molar-refractivity contribution < 1.29 is 9.84 Å². The predicted molar refractivity (Wildman–Crippen MR) is 76.3 cm³/mol. The summed E-state index contributed by atoms with van der Waals surface area (Å²) < 4.78 is 5.07. The highest BCUT2D eigenvalue weighted by atomic mass is 16.5. The van der Waals surface area contributed by atoms with Crippen molar-refractivity contribution in [2.45, 2.75) is 0 Å². The number of phenols is 1. The highest BCUT2D eigenvalue weighted by Gasteiger charge is 1.90. The molecule has 0 aliphatic rings. The number of hydrogen-bond donors (Lipinski definition) is 1. The molecule has 0 bridgehead atoms. The zero-order valence-corrected chi connectivity index (χ0v) is 10.5. The fourth-order valence-electron chi connectivity index (χ4n) is 1.45. The molecule has 0 heterocycles. The Kier molecular flexibility index (Phi) is 4.29. The second kappa shape index (κ2) is 6.35. The van der Waals surface area contributed by atoms with Crippen LogP contribution in [0.1, 0.15) is 11.1 Å². The zero-order valence-electron chi connectivity index (χ0n) is 10.5. The average Bonchev–Trinajstić information content (AvgIpc) is 2.46. The number of phenolic OH excluding ortho intramolecular Hbond substituents is 1. The van der Waals surface area contributed by atoms with Crippen LogP contribution in [0.15, 0.2) is 58.7 Å². The molecule has 0 aliphatic heterocycles. The topological polar surface area (TPSA) is 54.2 Å². The summed E-state index contributed by atoms with van der Waals surface area (Å²) >= 11 is 0. The first-order valence-corrected chi connectivity index (χ1v) is 5.77. The molecule has 2 aromatic carbocycles. The van der Waals surface area contributed by atoms with E-state index in [4.69, 9.17) is 9.84 Å². The van der Waals surface area contributed by atoms with Crippen molar-refractivity contribution >= 4 is 12.4 Å². The third-order valence-electron chi connectivity index (χ3n) is 2.49. The Labute approximate surface area is 111 Å². The van der Waals surface area contributed by atoms with Crippen molar-refractivity contribution in [2.75, 3.05) is 7.11 Å². The van der Waals surface area contributed by atoms with Crippen LogP contribution < -0.4 is 4.74 Å². The number of methoxy groups -OCH3 is 1. The summed E-state index contributed by atoms with van der Waals surface area (Å²) in [5, 5.41) is 17.0. The molecule has 0 amide bonds. The Balaban J connectivity index is 1.96. The van der Waals surface area contributed by atoms with E-state index in [0.29, 0.717) is 0 Å². The maximum Gasteiger partial charge on any atom is 0.118 e. The Morgan fingerprint density at radius 2 is 1.32 bits per heavy atom. The third-order valence-corrected chi connectivity index (χ3v) is 2.49. The van der Waals surface area contributed by atoms with Gasteiger partial charge in [-0.3, -0.25) is 0 Å². The highest BCUT2D eigenvalue weighted by Crippen LogP contribution is 2.10. The van der Waals surface area contributed by atoms with Crippen molar-refractivity contribution in [2.24, 2.45) is 10.2 Å². The van der Waals surface area contributed by atoms with Gasteiger partial charge in [0.05, 0.1) is 19.5 Å². The molecule has 1 N–H and O–H groups in total. The van der Waals surface area contributed by atoms with Crippen LogP contribution in [0.2, 0.25) is 0 Å². The van der Waals surface area contributed by atoms with Crippen LogP contribution in [0.5, 0.6) is 11.5 Å². The first kappa shape index (κ1) is 12.8. The summed E-state index contributed by atoms with van der Waals surface area (Å²) in [6.07, 6.45) is 3.29. The van der Waals surface area contributed by atoms with Crippen molar-refractivity contribution in [3.05, 3.63) is 59.7 Å². The summed E-state index contributed by atoms with van der Waals surface area (Å²) in [6, 6.07) is 14.3. The van der Waals surface area contributed by atoms with Crippen LogP contribution >= 0.6 is 0 Å². The molecule has 2 aromatic rings. The monoisotopic (exact) mass is 254 g/mol. The molecule has 2 rings (SSSR count). The minimum absolute atomic E-state index is 0.235. The summed E-state index contributed by atoms with van der Waals surface area (Å²) in [6.45, 7) is 0. The lowest BCUT2D eigenvalue weighted by molar-refractivity contribution is 0.415. The quantitative estimate of drug-likeness (QED) is 0.673. The zero-order chi connectivity index (χ0) is 13.5. The van der Waals surface area contributed by atoms with Gasteiger partial charge in [0.1, 0.15) is 11.5 Å². The average molecular weight is 254 g/mol. The first-order valence-electron chi connectivity index (χ1n) is 5.77. The summed E-state index contributed by atoms with van der Waals surface area (Å²) in [5.41, 5.74) is 1.83. The van der Waals surface area contributed by atoms with Gasteiger partial charge in [-0.1, -0.05) is 0 Å². The van der Waals surface area contributed by atoms with Crippen LogP contribution in [0, 0.1) is 0 Å². The number of rotatable bonds is 4. The molecule has 0 atom stereocenters. The maximum absolute atomic E-state index is 9.14. The lowest BCUT2D eigenvalue weighted by Gasteiger charge is -1.97. The Morgan fingerprint density at radius 3 is 1.79 bits per heavy atom. The molecule has 0 aliphatic carbocycles. The Morgan fingerprint density at radius 1 is 0.842 bits per heavy atom. The predicted octanol–water partition coefficient (Wildman–Crippen LogP) is 2.85. The standard InChI is InChI=1S/C15H14N2O2/c1-19-15-8-4-13(5-9-15)11-17-16-10-12-2-6-14(18)7-3-12/h2-11,18H,1H3. The van der Waals surface area contributed by atoms with E-state index < -0.39 is 0 Å². The van der Waals surface area contributed by atoms with E-state index in [0.717, 1.165) is 16.9 Å². The maximum atomic E-state index is 9.14. The highest BCUT2D eigenvalue weighted by molar-refractivity contribution is 5.82. The van der Waals surface area contributed by atoms with Gasteiger partial charge in [-0.15, -0.1) is 0 Å². The summed E-state index contributed by atoms with van der Waals surface area (Å²) in [5.74, 6) is 1.05. The molecule has 0 unspecified atom stereocenters. The molecule has 0 aromatic heterocycles. The van der Waals surface area contributed by atoms with Crippen LogP contribution in [0.3, 0.4) is 0 Å².